The predicted octanol–water partition coefficient (Wildman–Crippen LogP) is 2.23. The number of aromatic nitrogens is 1. The summed E-state index contributed by atoms with van der Waals surface area (Å²) in [6.07, 6.45) is 0.776. The number of phenolic OH excluding ortho intramolecular Hbond substituents is 1. The van der Waals surface area contributed by atoms with Crippen molar-refractivity contribution in [2.45, 2.75) is 13.3 Å². The van der Waals surface area contributed by atoms with Crippen LogP contribution in [-0.4, -0.2) is 53.7 Å². The lowest BCUT2D eigenvalue weighted by atomic mass is 10.2. The number of carbonyl (C=O) groups is 1. The molecule has 1 aliphatic heterocycles. The Kier molecular flexibility index (Phi) is 5.20. The first-order valence-electron chi connectivity index (χ1n) is 8.09. The third kappa shape index (κ3) is 4.17. The van der Waals surface area contributed by atoms with E-state index in [1.165, 1.54) is 0 Å². The van der Waals surface area contributed by atoms with Crippen LogP contribution >= 0.6 is 11.3 Å². The monoisotopic (exact) mass is 346 g/mol. The fourth-order valence-corrected chi connectivity index (χ4v) is 3.51. The van der Waals surface area contributed by atoms with Crippen LogP contribution in [0, 0.1) is 6.92 Å². The van der Waals surface area contributed by atoms with Crippen LogP contribution in [0.1, 0.15) is 10.7 Å². The number of hydrogen-bond acceptors (Lipinski definition) is 5. The number of amides is 2. The maximum absolute atomic E-state index is 12.2. The van der Waals surface area contributed by atoms with Gasteiger partial charge < -0.3 is 20.2 Å². The number of rotatable bonds is 4. The average Bonchev–Trinajstić information content (AvgIpc) is 3.01. The Morgan fingerprint density at radius 1 is 1.25 bits per heavy atom. The lowest BCUT2D eigenvalue weighted by Gasteiger charge is -2.36. The highest BCUT2D eigenvalue weighted by Crippen LogP contribution is 2.19. The molecule has 0 spiro atoms. The summed E-state index contributed by atoms with van der Waals surface area (Å²) in [5, 5.41) is 15.4. The highest BCUT2D eigenvalue weighted by Gasteiger charge is 2.21. The second-order valence-corrected chi connectivity index (χ2v) is 6.80. The molecule has 1 aliphatic rings. The molecule has 0 bridgehead atoms. The quantitative estimate of drug-likeness (QED) is 0.891. The minimum Gasteiger partial charge on any atom is -0.508 e. The molecule has 2 N–H and O–H groups in total. The number of thiazole rings is 1. The van der Waals surface area contributed by atoms with Crippen molar-refractivity contribution in [1.29, 1.82) is 0 Å². The van der Waals surface area contributed by atoms with Crippen molar-refractivity contribution in [2.24, 2.45) is 0 Å². The zero-order chi connectivity index (χ0) is 16.9. The van der Waals surface area contributed by atoms with E-state index in [9.17, 15) is 9.90 Å². The van der Waals surface area contributed by atoms with E-state index in [0.717, 1.165) is 35.9 Å². The summed E-state index contributed by atoms with van der Waals surface area (Å²) in [6.45, 7) is 5.58. The van der Waals surface area contributed by atoms with E-state index in [4.69, 9.17) is 0 Å². The standard InChI is InChI=1S/C17H22N4O2S/c1-13-12-24-16(19-13)6-7-18-17(23)21-10-8-20(9-11-21)14-2-4-15(22)5-3-14/h2-5,12,22H,6-11H2,1H3,(H,18,23). The molecule has 7 heteroatoms. The van der Waals surface area contributed by atoms with Crippen LogP contribution in [0.15, 0.2) is 29.6 Å². The summed E-state index contributed by atoms with van der Waals surface area (Å²) in [5.41, 5.74) is 2.11. The summed E-state index contributed by atoms with van der Waals surface area (Å²) >= 11 is 1.64. The topological polar surface area (TPSA) is 68.7 Å². The van der Waals surface area contributed by atoms with Crippen molar-refractivity contribution >= 4 is 23.1 Å². The fraction of sp³-hybridized carbons (Fsp3) is 0.412. The van der Waals surface area contributed by atoms with Gasteiger partial charge in [0.05, 0.1) is 5.01 Å². The number of urea groups is 1. The number of carbonyl (C=O) groups excluding carboxylic acids is 1. The van der Waals surface area contributed by atoms with E-state index in [1.807, 2.05) is 29.3 Å². The van der Waals surface area contributed by atoms with Gasteiger partial charge in [0.1, 0.15) is 5.75 Å². The SMILES string of the molecule is Cc1csc(CCNC(=O)N2CCN(c3ccc(O)cc3)CC2)n1. The molecule has 1 fully saturated rings. The minimum atomic E-state index is -0.00589. The highest BCUT2D eigenvalue weighted by atomic mass is 32.1. The minimum absolute atomic E-state index is 0.00589. The molecular formula is C17H22N4O2S. The Hall–Kier alpha value is -2.28. The van der Waals surface area contributed by atoms with Crippen LogP contribution in [0.3, 0.4) is 0 Å². The third-order valence-corrected chi connectivity index (χ3v) is 5.09. The molecular weight excluding hydrogens is 324 g/mol. The number of benzene rings is 1. The molecule has 24 heavy (non-hydrogen) atoms. The van der Waals surface area contributed by atoms with Crippen molar-refractivity contribution in [3.63, 3.8) is 0 Å². The molecule has 0 saturated carbocycles. The highest BCUT2D eigenvalue weighted by molar-refractivity contribution is 7.09. The van der Waals surface area contributed by atoms with Gasteiger partial charge in [-0.1, -0.05) is 0 Å². The summed E-state index contributed by atoms with van der Waals surface area (Å²) in [7, 11) is 0. The molecule has 1 aromatic carbocycles. The number of piperazine rings is 1. The molecule has 0 atom stereocenters. The first kappa shape index (κ1) is 16.6. The Bertz CT molecular complexity index is 678. The summed E-state index contributed by atoms with van der Waals surface area (Å²) in [5.74, 6) is 0.271. The van der Waals surface area contributed by atoms with Crippen LogP contribution in [0.4, 0.5) is 10.5 Å². The van der Waals surface area contributed by atoms with Crippen LogP contribution in [0.25, 0.3) is 0 Å². The van der Waals surface area contributed by atoms with E-state index in [0.29, 0.717) is 19.6 Å². The van der Waals surface area contributed by atoms with Gasteiger partial charge in [-0.05, 0) is 31.2 Å². The molecule has 2 heterocycles. The maximum atomic E-state index is 12.2. The first-order valence-corrected chi connectivity index (χ1v) is 8.97. The number of anilines is 1. The number of nitrogens with one attached hydrogen (secondary N) is 1. The Morgan fingerprint density at radius 3 is 2.58 bits per heavy atom. The second-order valence-electron chi connectivity index (χ2n) is 5.86. The van der Waals surface area contributed by atoms with Gasteiger partial charge in [-0.25, -0.2) is 9.78 Å². The van der Waals surface area contributed by atoms with E-state index in [-0.39, 0.29) is 11.8 Å². The summed E-state index contributed by atoms with van der Waals surface area (Å²) in [4.78, 5) is 20.7. The number of aryl methyl sites for hydroxylation is 1. The molecule has 0 radical (unpaired) electrons. The molecule has 2 amide bonds. The zero-order valence-electron chi connectivity index (χ0n) is 13.7. The van der Waals surface area contributed by atoms with Gasteiger partial charge in [0, 0.05) is 55.9 Å². The van der Waals surface area contributed by atoms with Crippen molar-refractivity contribution < 1.29 is 9.90 Å². The van der Waals surface area contributed by atoms with E-state index < -0.39 is 0 Å². The van der Waals surface area contributed by atoms with E-state index in [2.05, 4.69) is 15.2 Å². The number of nitrogens with zero attached hydrogens (tertiary/aromatic N) is 3. The van der Waals surface area contributed by atoms with Crippen LogP contribution in [0.2, 0.25) is 0 Å². The molecule has 0 aliphatic carbocycles. The zero-order valence-corrected chi connectivity index (χ0v) is 14.6. The van der Waals surface area contributed by atoms with E-state index in [1.54, 1.807) is 23.5 Å². The second kappa shape index (κ2) is 7.53. The molecule has 1 saturated heterocycles. The van der Waals surface area contributed by atoms with E-state index >= 15 is 0 Å². The van der Waals surface area contributed by atoms with Crippen molar-refractivity contribution in [1.82, 2.24) is 15.2 Å². The smallest absolute Gasteiger partial charge is 0.317 e. The van der Waals surface area contributed by atoms with Crippen LogP contribution < -0.4 is 10.2 Å². The van der Waals surface area contributed by atoms with Gasteiger partial charge in [0.15, 0.2) is 0 Å². The lowest BCUT2D eigenvalue weighted by Crippen LogP contribution is -2.52. The lowest BCUT2D eigenvalue weighted by molar-refractivity contribution is 0.194. The molecule has 1 aromatic heterocycles. The first-order chi connectivity index (χ1) is 11.6. The van der Waals surface area contributed by atoms with Gasteiger partial charge in [0.2, 0.25) is 0 Å². The molecule has 6 nitrogen and oxygen atoms in total. The van der Waals surface area contributed by atoms with Gasteiger partial charge in [0.25, 0.3) is 0 Å². The normalized spacial score (nSPS) is 14.7. The van der Waals surface area contributed by atoms with Crippen molar-refractivity contribution in [3.05, 3.63) is 40.3 Å². The third-order valence-electron chi connectivity index (χ3n) is 4.06. The van der Waals surface area contributed by atoms with Gasteiger partial charge in [-0.2, -0.15) is 0 Å². The molecule has 0 unspecified atom stereocenters. The van der Waals surface area contributed by atoms with Crippen molar-refractivity contribution in [2.75, 3.05) is 37.6 Å². The Labute approximate surface area is 145 Å². The number of aromatic hydroxyl groups is 1. The molecule has 3 rings (SSSR count). The number of phenols is 1. The van der Waals surface area contributed by atoms with Gasteiger partial charge in [-0.15, -0.1) is 11.3 Å². The molecule has 128 valence electrons. The number of hydrogen-bond donors (Lipinski definition) is 2. The average molecular weight is 346 g/mol. The summed E-state index contributed by atoms with van der Waals surface area (Å²) in [6, 6.07) is 7.18. The maximum Gasteiger partial charge on any atom is 0.317 e. The van der Waals surface area contributed by atoms with Crippen LogP contribution in [0.5, 0.6) is 5.75 Å². The van der Waals surface area contributed by atoms with Crippen molar-refractivity contribution in [3.8, 4) is 5.75 Å². The Balaban J connectivity index is 1.42. The predicted molar refractivity (Wildman–Crippen MR) is 95.8 cm³/mol. The fourth-order valence-electron chi connectivity index (χ4n) is 2.74. The largest absolute Gasteiger partial charge is 0.508 e. The molecule has 2 aromatic rings. The Morgan fingerprint density at radius 2 is 1.96 bits per heavy atom. The van der Waals surface area contributed by atoms with Gasteiger partial charge in [-0.3, -0.25) is 0 Å². The summed E-state index contributed by atoms with van der Waals surface area (Å²) < 4.78 is 0. The van der Waals surface area contributed by atoms with Gasteiger partial charge >= 0.3 is 6.03 Å². The van der Waals surface area contributed by atoms with Crippen LogP contribution in [-0.2, 0) is 6.42 Å².